The monoisotopic (exact) mass is 299 g/mol. The van der Waals surface area contributed by atoms with Gasteiger partial charge in [0.05, 0.1) is 5.60 Å². The zero-order valence-corrected chi connectivity index (χ0v) is 12.5. The maximum atomic E-state index is 10.1. The summed E-state index contributed by atoms with van der Waals surface area (Å²) < 4.78 is 1.14. The zero-order valence-electron chi connectivity index (χ0n) is 10.9. The largest absolute Gasteiger partial charge is 0.389 e. The van der Waals surface area contributed by atoms with E-state index < -0.39 is 5.60 Å². The Balaban J connectivity index is 2.48. The highest BCUT2D eigenvalue weighted by Gasteiger charge is 2.20. The summed E-state index contributed by atoms with van der Waals surface area (Å²) in [6.07, 6.45) is 1.58. The lowest BCUT2D eigenvalue weighted by Crippen LogP contribution is -2.39. The fourth-order valence-corrected chi connectivity index (χ4v) is 2.00. The van der Waals surface area contributed by atoms with Crippen LogP contribution in [0.15, 0.2) is 22.7 Å². The number of hydrogen-bond acceptors (Lipinski definition) is 2. The van der Waals surface area contributed by atoms with Crippen LogP contribution in [0.25, 0.3) is 0 Å². The molecule has 17 heavy (non-hydrogen) atoms. The maximum Gasteiger partial charge on any atom is 0.0766 e. The first-order valence-corrected chi connectivity index (χ1v) is 6.98. The van der Waals surface area contributed by atoms with Crippen LogP contribution in [-0.4, -0.2) is 17.3 Å². The van der Waals surface area contributed by atoms with Gasteiger partial charge in [-0.1, -0.05) is 41.9 Å². The minimum absolute atomic E-state index is 0.565. The SMILES string of the molecule is CCC(O)(CC)CNCc1ccc(Br)c(C)c1. The molecule has 0 amide bonds. The van der Waals surface area contributed by atoms with Crippen molar-refractivity contribution in [1.82, 2.24) is 5.32 Å². The van der Waals surface area contributed by atoms with E-state index in [2.05, 4.69) is 46.4 Å². The van der Waals surface area contributed by atoms with Crippen LogP contribution in [0.3, 0.4) is 0 Å². The highest BCUT2D eigenvalue weighted by atomic mass is 79.9. The highest BCUT2D eigenvalue weighted by Crippen LogP contribution is 2.17. The third kappa shape index (κ3) is 4.41. The quantitative estimate of drug-likeness (QED) is 0.844. The highest BCUT2D eigenvalue weighted by molar-refractivity contribution is 9.10. The molecule has 0 saturated heterocycles. The molecule has 0 fully saturated rings. The van der Waals surface area contributed by atoms with E-state index in [0.717, 1.165) is 23.9 Å². The average Bonchev–Trinajstić information content (AvgIpc) is 2.33. The molecule has 0 unspecified atom stereocenters. The fraction of sp³-hybridized carbons (Fsp3) is 0.571. The summed E-state index contributed by atoms with van der Waals surface area (Å²) in [6.45, 7) is 7.58. The Morgan fingerprint density at radius 2 is 1.94 bits per heavy atom. The van der Waals surface area contributed by atoms with Gasteiger partial charge in [-0.05, 0) is 37.0 Å². The third-order valence-electron chi connectivity index (χ3n) is 3.32. The van der Waals surface area contributed by atoms with E-state index >= 15 is 0 Å². The van der Waals surface area contributed by atoms with Gasteiger partial charge in [0.15, 0.2) is 0 Å². The molecular weight excluding hydrogens is 278 g/mol. The number of aliphatic hydroxyl groups is 1. The van der Waals surface area contributed by atoms with Crippen molar-refractivity contribution < 1.29 is 5.11 Å². The summed E-state index contributed by atoms with van der Waals surface area (Å²) >= 11 is 3.49. The molecule has 0 aliphatic carbocycles. The number of halogens is 1. The molecule has 0 radical (unpaired) electrons. The molecule has 0 aromatic heterocycles. The normalized spacial score (nSPS) is 11.8. The summed E-state index contributed by atoms with van der Waals surface area (Å²) in [5, 5.41) is 13.5. The van der Waals surface area contributed by atoms with Crippen molar-refractivity contribution in [2.24, 2.45) is 0 Å². The number of aryl methyl sites for hydroxylation is 1. The Morgan fingerprint density at radius 1 is 1.29 bits per heavy atom. The van der Waals surface area contributed by atoms with Gasteiger partial charge in [0.2, 0.25) is 0 Å². The van der Waals surface area contributed by atoms with Gasteiger partial charge in [-0.25, -0.2) is 0 Å². The lowest BCUT2D eigenvalue weighted by molar-refractivity contribution is 0.0323. The molecule has 0 aliphatic heterocycles. The molecule has 0 atom stereocenters. The molecule has 1 aromatic rings. The molecule has 0 aliphatic rings. The predicted octanol–water partition coefficient (Wildman–Crippen LogP) is 3.40. The predicted molar refractivity (Wildman–Crippen MR) is 76.1 cm³/mol. The van der Waals surface area contributed by atoms with E-state index in [9.17, 15) is 5.11 Å². The zero-order chi connectivity index (χ0) is 12.9. The molecule has 1 aromatic carbocycles. The number of hydrogen-bond donors (Lipinski definition) is 2. The average molecular weight is 300 g/mol. The van der Waals surface area contributed by atoms with E-state index in [1.54, 1.807) is 0 Å². The molecule has 2 N–H and O–H groups in total. The first-order valence-electron chi connectivity index (χ1n) is 6.19. The molecule has 0 spiro atoms. The summed E-state index contributed by atoms with van der Waals surface area (Å²) in [7, 11) is 0. The number of benzene rings is 1. The summed E-state index contributed by atoms with van der Waals surface area (Å²) in [5.74, 6) is 0. The first-order chi connectivity index (χ1) is 8.00. The molecular formula is C14H22BrNO. The van der Waals surface area contributed by atoms with Gasteiger partial charge in [0.25, 0.3) is 0 Å². The van der Waals surface area contributed by atoms with Crippen LogP contribution < -0.4 is 5.32 Å². The maximum absolute atomic E-state index is 10.1. The number of nitrogens with one attached hydrogen (secondary N) is 1. The topological polar surface area (TPSA) is 32.3 Å². The van der Waals surface area contributed by atoms with E-state index in [0.29, 0.717) is 6.54 Å². The molecule has 2 nitrogen and oxygen atoms in total. The minimum Gasteiger partial charge on any atom is -0.389 e. The molecule has 1 rings (SSSR count). The minimum atomic E-state index is -0.565. The summed E-state index contributed by atoms with van der Waals surface area (Å²) in [4.78, 5) is 0. The van der Waals surface area contributed by atoms with Crippen molar-refractivity contribution >= 4 is 15.9 Å². The Labute approximate surface area is 113 Å². The second kappa shape index (κ2) is 6.53. The van der Waals surface area contributed by atoms with E-state index in [1.165, 1.54) is 11.1 Å². The van der Waals surface area contributed by atoms with Crippen LogP contribution in [0.5, 0.6) is 0 Å². The Hall–Kier alpha value is -0.380. The van der Waals surface area contributed by atoms with Crippen LogP contribution in [0.1, 0.15) is 37.8 Å². The van der Waals surface area contributed by atoms with Crippen molar-refractivity contribution in [3.8, 4) is 0 Å². The fourth-order valence-electron chi connectivity index (χ4n) is 1.76. The standard InChI is InChI=1S/C14H22BrNO/c1-4-14(17,5-2)10-16-9-12-6-7-13(15)11(3)8-12/h6-8,16-17H,4-5,9-10H2,1-3H3. The van der Waals surface area contributed by atoms with Crippen molar-refractivity contribution in [1.29, 1.82) is 0 Å². The first kappa shape index (κ1) is 14.7. The molecule has 0 heterocycles. The van der Waals surface area contributed by atoms with Gasteiger partial charge in [0.1, 0.15) is 0 Å². The smallest absolute Gasteiger partial charge is 0.0766 e. The van der Waals surface area contributed by atoms with Crippen LogP contribution in [0.4, 0.5) is 0 Å². The van der Waals surface area contributed by atoms with Gasteiger partial charge in [-0.15, -0.1) is 0 Å². The molecule has 3 heteroatoms. The summed E-state index contributed by atoms with van der Waals surface area (Å²) in [6, 6.07) is 6.33. The van der Waals surface area contributed by atoms with E-state index in [-0.39, 0.29) is 0 Å². The molecule has 0 saturated carbocycles. The number of rotatable bonds is 6. The van der Waals surface area contributed by atoms with Crippen molar-refractivity contribution in [2.45, 2.75) is 45.8 Å². The lowest BCUT2D eigenvalue weighted by Gasteiger charge is -2.25. The van der Waals surface area contributed by atoms with Crippen LogP contribution >= 0.6 is 15.9 Å². The van der Waals surface area contributed by atoms with Gasteiger partial charge in [0, 0.05) is 17.6 Å². The Bertz CT molecular complexity index is 361. The van der Waals surface area contributed by atoms with Crippen LogP contribution in [0.2, 0.25) is 0 Å². The van der Waals surface area contributed by atoms with Gasteiger partial charge >= 0.3 is 0 Å². The lowest BCUT2D eigenvalue weighted by atomic mass is 9.97. The second-order valence-electron chi connectivity index (χ2n) is 4.62. The van der Waals surface area contributed by atoms with E-state index in [1.807, 2.05) is 13.8 Å². The summed E-state index contributed by atoms with van der Waals surface area (Å²) in [5.41, 5.74) is 1.93. The Kier molecular flexibility index (Phi) is 5.63. The van der Waals surface area contributed by atoms with Gasteiger partial charge in [-0.2, -0.15) is 0 Å². The van der Waals surface area contributed by atoms with Crippen LogP contribution in [-0.2, 0) is 6.54 Å². The third-order valence-corrected chi connectivity index (χ3v) is 4.21. The van der Waals surface area contributed by atoms with Gasteiger partial charge in [-0.3, -0.25) is 0 Å². The van der Waals surface area contributed by atoms with Crippen LogP contribution in [0, 0.1) is 6.92 Å². The van der Waals surface area contributed by atoms with Crippen molar-refractivity contribution in [3.05, 3.63) is 33.8 Å². The van der Waals surface area contributed by atoms with Gasteiger partial charge < -0.3 is 10.4 Å². The second-order valence-corrected chi connectivity index (χ2v) is 5.47. The van der Waals surface area contributed by atoms with Crippen molar-refractivity contribution in [2.75, 3.05) is 6.54 Å². The molecule has 96 valence electrons. The van der Waals surface area contributed by atoms with Crippen molar-refractivity contribution in [3.63, 3.8) is 0 Å². The van der Waals surface area contributed by atoms with E-state index in [4.69, 9.17) is 0 Å². The Morgan fingerprint density at radius 3 is 2.47 bits per heavy atom. The molecule has 0 bridgehead atoms.